The van der Waals surface area contributed by atoms with Crippen LogP contribution in [-0.2, 0) is 10.4 Å². The van der Waals surface area contributed by atoms with Crippen molar-refractivity contribution in [3.8, 4) is 5.75 Å². The number of aliphatic hydroxyl groups is 1. The van der Waals surface area contributed by atoms with Crippen LogP contribution in [0.1, 0.15) is 28.3 Å². The van der Waals surface area contributed by atoms with E-state index in [9.17, 15) is 14.7 Å². The smallest absolute Gasteiger partial charge is 0.264 e. The molecule has 148 valence electrons. The minimum absolute atomic E-state index is 0.132. The zero-order valence-corrected chi connectivity index (χ0v) is 16.0. The minimum atomic E-state index is -1.93. The Hall–Kier alpha value is -3.38. The van der Waals surface area contributed by atoms with Gasteiger partial charge in [0.25, 0.3) is 5.91 Å². The quantitative estimate of drug-likeness (QED) is 0.624. The van der Waals surface area contributed by atoms with Gasteiger partial charge in [0.2, 0.25) is 5.78 Å². The van der Waals surface area contributed by atoms with Crippen LogP contribution in [0, 0.1) is 6.92 Å². The molecule has 1 amide bonds. The molecule has 29 heavy (non-hydrogen) atoms. The molecule has 1 atom stereocenters. The van der Waals surface area contributed by atoms with Crippen LogP contribution < -0.4 is 9.64 Å². The molecule has 1 N–H and O–H groups in total. The first kappa shape index (κ1) is 19.0. The number of carbonyl (C=O) groups is 2. The van der Waals surface area contributed by atoms with Crippen LogP contribution in [0.4, 0.5) is 5.69 Å². The van der Waals surface area contributed by atoms with Crippen molar-refractivity contribution in [1.82, 2.24) is 0 Å². The van der Waals surface area contributed by atoms with Crippen LogP contribution in [0.15, 0.2) is 71.1 Å². The van der Waals surface area contributed by atoms with Crippen molar-refractivity contribution in [2.24, 2.45) is 0 Å². The molecule has 2 aromatic carbocycles. The lowest BCUT2D eigenvalue weighted by Crippen LogP contribution is -2.43. The van der Waals surface area contributed by atoms with Gasteiger partial charge in [-0.25, -0.2) is 0 Å². The third-order valence-corrected chi connectivity index (χ3v) is 5.00. The van der Waals surface area contributed by atoms with Crippen molar-refractivity contribution in [2.75, 3.05) is 18.1 Å². The molecule has 0 radical (unpaired) electrons. The van der Waals surface area contributed by atoms with Gasteiger partial charge in [0.15, 0.2) is 11.4 Å². The zero-order valence-electron chi connectivity index (χ0n) is 16.0. The second-order valence-corrected chi connectivity index (χ2v) is 7.01. The minimum Gasteiger partial charge on any atom is -0.492 e. The van der Waals surface area contributed by atoms with Crippen molar-refractivity contribution < 1.29 is 23.8 Å². The van der Waals surface area contributed by atoms with Crippen LogP contribution >= 0.6 is 0 Å². The number of carbonyl (C=O) groups excluding carboxylic acids is 2. The molecule has 0 unspecified atom stereocenters. The van der Waals surface area contributed by atoms with Gasteiger partial charge >= 0.3 is 0 Å². The van der Waals surface area contributed by atoms with Gasteiger partial charge in [-0.3, -0.25) is 9.59 Å². The van der Waals surface area contributed by atoms with Crippen molar-refractivity contribution in [3.05, 3.63) is 83.8 Å². The van der Waals surface area contributed by atoms with Gasteiger partial charge in [0.1, 0.15) is 18.1 Å². The Morgan fingerprint density at radius 1 is 1.07 bits per heavy atom. The summed E-state index contributed by atoms with van der Waals surface area (Å²) in [5.74, 6) is 0.467. The van der Waals surface area contributed by atoms with Crippen LogP contribution in [0.3, 0.4) is 0 Å². The Kier molecular flexibility index (Phi) is 4.94. The fourth-order valence-electron chi connectivity index (χ4n) is 3.57. The molecular weight excluding hydrogens is 370 g/mol. The van der Waals surface area contributed by atoms with Gasteiger partial charge in [-0.05, 0) is 37.3 Å². The number of Topliss-reactive ketones (excluding diaryl/α,β-unsaturated/α-hetero) is 1. The number of anilines is 1. The fourth-order valence-corrected chi connectivity index (χ4v) is 3.57. The van der Waals surface area contributed by atoms with Crippen LogP contribution in [0.25, 0.3) is 0 Å². The van der Waals surface area contributed by atoms with Gasteiger partial charge in [0, 0.05) is 5.56 Å². The van der Waals surface area contributed by atoms with E-state index in [1.807, 2.05) is 30.3 Å². The number of aryl methyl sites for hydroxylation is 1. The predicted molar refractivity (Wildman–Crippen MR) is 107 cm³/mol. The van der Waals surface area contributed by atoms with Crippen molar-refractivity contribution >= 4 is 17.4 Å². The summed E-state index contributed by atoms with van der Waals surface area (Å²) >= 11 is 0. The van der Waals surface area contributed by atoms with E-state index < -0.39 is 17.3 Å². The van der Waals surface area contributed by atoms with E-state index in [1.54, 1.807) is 43.3 Å². The highest BCUT2D eigenvalue weighted by molar-refractivity contribution is 6.10. The number of fused-ring (bicyclic) bond motifs is 1. The van der Waals surface area contributed by atoms with E-state index in [2.05, 4.69) is 0 Å². The molecule has 0 aliphatic carbocycles. The maximum atomic E-state index is 13.1. The number of ether oxygens (including phenoxy) is 1. The van der Waals surface area contributed by atoms with Crippen molar-refractivity contribution in [1.29, 1.82) is 0 Å². The summed E-state index contributed by atoms with van der Waals surface area (Å²) in [6.07, 6.45) is -0.383. The SMILES string of the molecule is Cc1ccc(C(=O)C[C@]2(O)C(=O)N(CCOc3ccccc3)c3ccccc32)o1. The molecule has 1 aromatic heterocycles. The first-order valence-corrected chi connectivity index (χ1v) is 9.40. The van der Waals surface area contributed by atoms with Gasteiger partial charge in [-0.15, -0.1) is 0 Å². The van der Waals surface area contributed by atoms with E-state index in [0.29, 0.717) is 22.8 Å². The second-order valence-electron chi connectivity index (χ2n) is 7.01. The number of furan rings is 1. The predicted octanol–water partition coefficient (Wildman–Crippen LogP) is 3.47. The average Bonchev–Trinajstić information content (AvgIpc) is 3.25. The lowest BCUT2D eigenvalue weighted by atomic mass is 9.89. The van der Waals surface area contributed by atoms with Crippen molar-refractivity contribution in [3.63, 3.8) is 0 Å². The Balaban J connectivity index is 1.54. The second kappa shape index (κ2) is 7.56. The Morgan fingerprint density at radius 3 is 2.52 bits per heavy atom. The number of nitrogens with zero attached hydrogens (tertiary/aromatic N) is 1. The summed E-state index contributed by atoms with van der Waals surface area (Å²) in [5.41, 5.74) is -0.928. The third-order valence-electron chi connectivity index (χ3n) is 5.00. The van der Waals surface area contributed by atoms with Gasteiger partial charge in [0.05, 0.1) is 18.7 Å². The van der Waals surface area contributed by atoms with E-state index in [4.69, 9.17) is 9.15 Å². The molecule has 4 rings (SSSR count). The van der Waals surface area contributed by atoms with Crippen LogP contribution in [-0.4, -0.2) is 29.9 Å². The lowest BCUT2D eigenvalue weighted by molar-refractivity contribution is -0.136. The fraction of sp³-hybridized carbons (Fsp3) is 0.217. The summed E-state index contributed by atoms with van der Waals surface area (Å²) < 4.78 is 11.1. The van der Waals surface area contributed by atoms with Crippen LogP contribution in [0.2, 0.25) is 0 Å². The molecule has 1 aliphatic rings. The molecule has 0 fully saturated rings. The molecule has 0 spiro atoms. The first-order chi connectivity index (χ1) is 14.0. The number of ketones is 1. The maximum absolute atomic E-state index is 13.1. The summed E-state index contributed by atoms with van der Waals surface area (Å²) in [6, 6.07) is 19.5. The number of hydrogen-bond acceptors (Lipinski definition) is 5. The van der Waals surface area contributed by atoms with Crippen molar-refractivity contribution in [2.45, 2.75) is 18.9 Å². The number of para-hydroxylation sites is 2. The number of benzene rings is 2. The van der Waals surface area contributed by atoms with Gasteiger partial charge in [-0.2, -0.15) is 0 Å². The first-order valence-electron chi connectivity index (χ1n) is 9.40. The topological polar surface area (TPSA) is 80.0 Å². The Bertz CT molecular complexity index is 1040. The van der Waals surface area contributed by atoms with E-state index in [1.165, 1.54) is 4.90 Å². The highest BCUT2D eigenvalue weighted by Gasteiger charge is 2.51. The Labute approximate surface area is 168 Å². The largest absolute Gasteiger partial charge is 0.492 e. The third kappa shape index (κ3) is 3.54. The molecule has 2 heterocycles. The maximum Gasteiger partial charge on any atom is 0.264 e. The molecule has 6 heteroatoms. The van der Waals surface area contributed by atoms with E-state index >= 15 is 0 Å². The number of hydrogen-bond donors (Lipinski definition) is 1. The summed E-state index contributed by atoms with van der Waals surface area (Å²) in [6.45, 7) is 2.24. The van der Waals surface area contributed by atoms with Gasteiger partial charge in [-0.1, -0.05) is 36.4 Å². The molecule has 3 aromatic rings. The number of amides is 1. The summed E-state index contributed by atoms with van der Waals surface area (Å²) in [4.78, 5) is 27.2. The van der Waals surface area contributed by atoms with Gasteiger partial charge < -0.3 is 19.2 Å². The highest BCUT2D eigenvalue weighted by atomic mass is 16.5. The molecule has 0 saturated heterocycles. The van der Waals surface area contributed by atoms with Crippen LogP contribution in [0.5, 0.6) is 5.75 Å². The monoisotopic (exact) mass is 391 g/mol. The Morgan fingerprint density at radius 2 is 1.79 bits per heavy atom. The zero-order chi connectivity index (χ0) is 20.4. The molecular formula is C23H21NO5. The molecule has 0 saturated carbocycles. The summed E-state index contributed by atoms with van der Waals surface area (Å²) in [5, 5.41) is 11.2. The average molecular weight is 391 g/mol. The normalized spacial score (nSPS) is 18.0. The van der Waals surface area contributed by atoms with E-state index in [0.717, 1.165) is 0 Å². The highest BCUT2D eigenvalue weighted by Crippen LogP contribution is 2.42. The summed E-state index contributed by atoms with van der Waals surface area (Å²) in [7, 11) is 0. The molecule has 0 bridgehead atoms. The molecule has 1 aliphatic heterocycles. The molecule has 6 nitrogen and oxygen atoms in total. The standard InChI is InChI=1S/C23H21NO5/c1-16-11-12-21(29-16)20(25)15-23(27)18-9-5-6-10-19(18)24(22(23)26)13-14-28-17-7-3-2-4-8-17/h2-12,27H,13-15H2,1H3/t23-/m1/s1. The number of rotatable bonds is 7. The van der Waals surface area contributed by atoms with E-state index in [-0.39, 0.29) is 25.3 Å². The lowest BCUT2D eigenvalue weighted by Gasteiger charge is -2.22.